The van der Waals surface area contributed by atoms with Crippen LogP contribution >= 0.6 is 0 Å². The maximum Gasteiger partial charge on any atom is 0.0544 e. The minimum atomic E-state index is 0.523. The van der Waals surface area contributed by atoms with Gasteiger partial charge in [-0.1, -0.05) is 172 Å². The maximum absolute atomic E-state index is 2.63. The molecule has 2 saturated carbocycles. The predicted molar refractivity (Wildman–Crippen MR) is 264 cm³/mol. The first kappa shape index (κ1) is 36.5. The predicted octanol–water partition coefficient (Wildman–Crippen LogP) is 17.4. The highest BCUT2D eigenvalue weighted by molar-refractivity contribution is 6.30. The molecule has 2 aliphatic rings. The van der Waals surface area contributed by atoms with Crippen LogP contribution in [-0.2, 0) is 0 Å². The monoisotopic (exact) mass is 788 g/mol. The molecule has 0 radical (unpaired) electrons. The van der Waals surface area contributed by atoms with Crippen LogP contribution in [0, 0.1) is 0 Å². The number of hydrogen-bond acceptors (Lipinski definition) is 2. The second-order valence-corrected chi connectivity index (χ2v) is 18.1. The minimum Gasteiger partial charge on any atom is -0.344 e. The minimum absolute atomic E-state index is 0.523. The van der Waals surface area contributed by atoms with E-state index >= 15 is 0 Å². The molecule has 0 bridgehead atoms. The average Bonchev–Trinajstić information content (AvgIpc) is 3.33. The molecule has 0 amide bonds. The molecule has 12 rings (SSSR count). The zero-order valence-corrected chi connectivity index (χ0v) is 35.2. The van der Waals surface area contributed by atoms with Gasteiger partial charge < -0.3 is 9.80 Å². The molecular weight excluding hydrogens is 737 g/mol. The van der Waals surface area contributed by atoms with Crippen molar-refractivity contribution in [2.24, 2.45) is 0 Å². The maximum atomic E-state index is 2.63. The van der Waals surface area contributed by atoms with E-state index in [1.54, 1.807) is 0 Å². The molecule has 0 aliphatic heterocycles. The zero-order chi connectivity index (χ0) is 40.4. The van der Waals surface area contributed by atoms with Crippen LogP contribution in [0.1, 0.15) is 87.2 Å². The Balaban J connectivity index is 1.22. The summed E-state index contributed by atoms with van der Waals surface area (Å²) < 4.78 is 0. The summed E-state index contributed by atoms with van der Waals surface area (Å²) in [6.07, 6.45) is 12.9. The molecule has 2 heteroatoms. The van der Waals surface area contributed by atoms with E-state index in [2.05, 4.69) is 181 Å². The van der Waals surface area contributed by atoms with Gasteiger partial charge in [-0.15, -0.1) is 0 Å². The smallest absolute Gasteiger partial charge is 0.0544 e. The normalized spacial score (nSPS) is 15.5. The van der Waals surface area contributed by atoms with Crippen LogP contribution in [0.15, 0.2) is 164 Å². The largest absolute Gasteiger partial charge is 0.344 e. The van der Waals surface area contributed by atoms with Crippen molar-refractivity contribution in [1.82, 2.24) is 0 Å². The second-order valence-electron chi connectivity index (χ2n) is 18.1. The van der Waals surface area contributed by atoms with E-state index in [1.807, 2.05) is 0 Å². The first-order chi connectivity index (χ1) is 30.2. The molecule has 61 heavy (non-hydrogen) atoms. The molecule has 2 fully saturated rings. The first-order valence-corrected chi connectivity index (χ1v) is 23.0. The van der Waals surface area contributed by atoms with E-state index in [1.165, 1.54) is 168 Å². The quantitative estimate of drug-likeness (QED) is 0.148. The van der Waals surface area contributed by atoms with Gasteiger partial charge in [-0.2, -0.15) is 0 Å². The molecule has 0 unspecified atom stereocenters. The summed E-state index contributed by atoms with van der Waals surface area (Å²) in [5, 5.41) is 16.1. The Hall–Kier alpha value is -6.38. The van der Waals surface area contributed by atoms with E-state index < -0.39 is 0 Å². The third-order valence-electron chi connectivity index (χ3n) is 14.8. The van der Waals surface area contributed by atoms with Gasteiger partial charge in [0, 0.05) is 45.4 Å². The van der Waals surface area contributed by atoms with Crippen molar-refractivity contribution in [3.8, 4) is 0 Å². The van der Waals surface area contributed by atoms with Gasteiger partial charge in [0.2, 0.25) is 0 Å². The molecule has 0 aromatic heterocycles. The van der Waals surface area contributed by atoms with Crippen molar-refractivity contribution < 1.29 is 0 Å². The molecule has 0 atom stereocenters. The summed E-state index contributed by atoms with van der Waals surface area (Å²) in [6, 6.07) is 62.5. The first-order valence-electron chi connectivity index (χ1n) is 23.0. The molecule has 0 saturated heterocycles. The van der Waals surface area contributed by atoms with Crippen molar-refractivity contribution in [2.75, 3.05) is 16.8 Å². The van der Waals surface area contributed by atoms with Crippen LogP contribution in [-0.4, -0.2) is 7.05 Å². The fraction of sp³-hybridized carbons (Fsp3) is 0.220. The van der Waals surface area contributed by atoms with Gasteiger partial charge in [-0.25, -0.2) is 0 Å². The summed E-state index contributed by atoms with van der Waals surface area (Å²) >= 11 is 0. The Morgan fingerprint density at radius 3 is 1.20 bits per heavy atom. The Morgan fingerprint density at radius 2 is 0.705 bits per heavy atom. The number of anilines is 5. The number of rotatable bonds is 7. The molecule has 2 nitrogen and oxygen atoms in total. The zero-order valence-electron chi connectivity index (χ0n) is 35.2. The van der Waals surface area contributed by atoms with E-state index in [9.17, 15) is 0 Å². The van der Waals surface area contributed by atoms with Crippen molar-refractivity contribution >= 4 is 93.1 Å². The summed E-state index contributed by atoms with van der Waals surface area (Å²) in [4.78, 5) is 5.13. The molecule has 10 aromatic rings. The van der Waals surface area contributed by atoms with Crippen molar-refractivity contribution in [1.29, 1.82) is 0 Å². The highest BCUT2D eigenvalue weighted by Crippen LogP contribution is 2.53. The third kappa shape index (κ3) is 5.98. The lowest BCUT2D eigenvalue weighted by Gasteiger charge is -2.33. The van der Waals surface area contributed by atoms with Crippen molar-refractivity contribution in [3.63, 3.8) is 0 Å². The highest BCUT2D eigenvalue weighted by Gasteiger charge is 2.29. The lowest BCUT2D eigenvalue weighted by molar-refractivity contribution is 0.445. The van der Waals surface area contributed by atoms with E-state index in [-0.39, 0.29) is 0 Å². The number of nitrogens with zero attached hydrogens (tertiary/aromatic N) is 2. The third-order valence-corrected chi connectivity index (χ3v) is 14.8. The van der Waals surface area contributed by atoms with Crippen LogP contribution in [0.3, 0.4) is 0 Å². The topological polar surface area (TPSA) is 6.48 Å². The lowest BCUT2D eigenvalue weighted by atomic mass is 9.77. The summed E-state index contributed by atoms with van der Waals surface area (Å²) in [6.45, 7) is 0. The van der Waals surface area contributed by atoms with E-state index in [0.29, 0.717) is 11.8 Å². The van der Waals surface area contributed by atoms with Crippen LogP contribution < -0.4 is 9.80 Å². The Bertz CT molecular complexity index is 3160. The fourth-order valence-corrected chi connectivity index (χ4v) is 11.8. The lowest BCUT2D eigenvalue weighted by Crippen LogP contribution is -2.15. The van der Waals surface area contributed by atoms with Crippen molar-refractivity contribution in [3.05, 3.63) is 175 Å². The molecular formula is C59H52N2. The van der Waals surface area contributed by atoms with Gasteiger partial charge in [0.1, 0.15) is 0 Å². The Labute approximate surface area is 359 Å². The van der Waals surface area contributed by atoms with Crippen LogP contribution in [0.2, 0.25) is 0 Å². The van der Waals surface area contributed by atoms with Crippen LogP contribution in [0.5, 0.6) is 0 Å². The van der Waals surface area contributed by atoms with E-state index in [4.69, 9.17) is 0 Å². The molecule has 0 N–H and O–H groups in total. The molecule has 0 heterocycles. The molecule has 298 valence electrons. The SMILES string of the molecule is CN(c1cccc2ccccc12)c1cc(C2CCCCC2)c2ccc3c(N(c4cccc5ccccc45)c4cccc5ccccc45)cc(C4CCCCC4)c4ccc1c2c43. The average molecular weight is 789 g/mol. The summed E-state index contributed by atoms with van der Waals surface area (Å²) in [5.74, 6) is 1.08. The molecule has 0 spiro atoms. The number of hydrogen-bond donors (Lipinski definition) is 0. The van der Waals surface area contributed by atoms with Gasteiger partial charge in [0.15, 0.2) is 0 Å². The van der Waals surface area contributed by atoms with Gasteiger partial charge in [-0.05, 0) is 117 Å². The van der Waals surface area contributed by atoms with Crippen molar-refractivity contribution in [2.45, 2.75) is 76.0 Å². The van der Waals surface area contributed by atoms with Gasteiger partial charge in [0.25, 0.3) is 0 Å². The summed E-state index contributed by atoms with van der Waals surface area (Å²) in [7, 11) is 2.31. The second kappa shape index (κ2) is 15.0. The van der Waals surface area contributed by atoms with Gasteiger partial charge >= 0.3 is 0 Å². The van der Waals surface area contributed by atoms with Gasteiger partial charge in [0.05, 0.1) is 17.1 Å². The van der Waals surface area contributed by atoms with Crippen LogP contribution in [0.25, 0.3) is 64.6 Å². The highest BCUT2D eigenvalue weighted by atomic mass is 15.1. The fourth-order valence-electron chi connectivity index (χ4n) is 11.8. The Kier molecular flexibility index (Phi) is 8.94. The van der Waals surface area contributed by atoms with Gasteiger partial charge in [-0.3, -0.25) is 0 Å². The number of fused-ring (bicyclic) bond motifs is 3. The summed E-state index contributed by atoms with van der Waals surface area (Å²) in [5.41, 5.74) is 9.34. The van der Waals surface area contributed by atoms with Crippen LogP contribution in [0.4, 0.5) is 28.4 Å². The standard InChI is InChI=1S/C59H52N2/c1-60(53-30-14-24-39-21-8-11-27-44(39)53)56-37-51(42-17-4-2-5-18-42)47-34-36-50-57(38-52(43-19-6-3-7-20-43)48-33-35-49(56)58(47)59(48)50)61(54-31-15-25-40-22-9-12-28-45(40)54)55-32-16-26-41-23-10-13-29-46(41)55/h8-16,21-38,42-43H,2-7,17-20H2,1H3. The number of benzene rings is 10. The Morgan fingerprint density at radius 1 is 0.328 bits per heavy atom. The molecule has 2 aliphatic carbocycles. The molecule has 10 aromatic carbocycles. The van der Waals surface area contributed by atoms with E-state index in [0.717, 1.165) is 0 Å².